The molecular formula is C17H21NO. The van der Waals surface area contributed by atoms with E-state index in [0.717, 1.165) is 5.58 Å². The van der Waals surface area contributed by atoms with Crippen LogP contribution in [0.1, 0.15) is 42.1 Å². The first kappa shape index (κ1) is 11.5. The number of nitrogens with zero attached hydrogens (tertiary/aromatic N) is 1. The van der Waals surface area contributed by atoms with Crippen molar-refractivity contribution in [2.75, 3.05) is 20.1 Å². The fraction of sp³-hybridized carbons (Fsp3) is 0.529. The highest BCUT2D eigenvalue weighted by Gasteiger charge is 2.22. The Hall–Kier alpha value is -1.28. The second kappa shape index (κ2) is 4.38. The highest BCUT2D eigenvalue weighted by molar-refractivity contribution is 5.80. The van der Waals surface area contributed by atoms with Crippen LogP contribution in [0, 0.1) is 0 Å². The van der Waals surface area contributed by atoms with E-state index in [4.69, 9.17) is 4.42 Å². The van der Waals surface area contributed by atoms with Gasteiger partial charge >= 0.3 is 0 Å². The maximum absolute atomic E-state index is 6.15. The first-order valence-corrected chi connectivity index (χ1v) is 7.53. The monoisotopic (exact) mass is 255 g/mol. The largest absolute Gasteiger partial charge is 0.461 e. The number of furan rings is 1. The van der Waals surface area contributed by atoms with Gasteiger partial charge in [0.15, 0.2) is 0 Å². The number of benzene rings is 1. The molecule has 2 heterocycles. The van der Waals surface area contributed by atoms with Gasteiger partial charge in [-0.3, -0.25) is 0 Å². The number of hydrogen-bond acceptors (Lipinski definition) is 2. The van der Waals surface area contributed by atoms with E-state index in [2.05, 4.69) is 30.1 Å². The van der Waals surface area contributed by atoms with Gasteiger partial charge in [0.05, 0.1) is 0 Å². The van der Waals surface area contributed by atoms with Crippen molar-refractivity contribution in [2.24, 2.45) is 0 Å². The van der Waals surface area contributed by atoms with Crippen LogP contribution in [-0.4, -0.2) is 25.0 Å². The first-order chi connectivity index (χ1) is 9.29. The number of fused-ring (bicyclic) bond motifs is 2. The van der Waals surface area contributed by atoms with Crippen molar-refractivity contribution >= 4 is 11.0 Å². The summed E-state index contributed by atoms with van der Waals surface area (Å²) < 4.78 is 6.15. The van der Waals surface area contributed by atoms with Gasteiger partial charge in [-0.15, -0.1) is 0 Å². The van der Waals surface area contributed by atoms with Crippen LogP contribution in [0.5, 0.6) is 0 Å². The molecule has 0 radical (unpaired) electrons. The number of aryl methyl sites for hydroxylation is 2. The van der Waals surface area contributed by atoms with E-state index in [1.165, 1.54) is 61.9 Å². The maximum atomic E-state index is 6.15. The SMILES string of the molecule is CN1CCC(c2cc3cc4c(cc3o2)CCC4)CC1. The van der Waals surface area contributed by atoms with Gasteiger partial charge in [0.2, 0.25) is 0 Å². The number of hydrogen-bond donors (Lipinski definition) is 0. The third-order valence-electron chi connectivity index (χ3n) is 4.87. The van der Waals surface area contributed by atoms with Crippen LogP contribution in [-0.2, 0) is 12.8 Å². The molecule has 2 aromatic rings. The Balaban J connectivity index is 1.68. The normalized spacial score (nSPS) is 21.1. The first-order valence-electron chi connectivity index (χ1n) is 7.53. The summed E-state index contributed by atoms with van der Waals surface area (Å²) in [5.41, 5.74) is 4.16. The number of likely N-dealkylation sites (tertiary alicyclic amines) is 1. The fourth-order valence-electron chi connectivity index (χ4n) is 3.63. The Morgan fingerprint density at radius 3 is 2.58 bits per heavy atom. The topological polar surface area (TPSA) is 16.4 Å². The van der Waals surface area contributed by atoms with Gasteiger partial charge in [0.25, 0.3) is 0 Å². The molecule has 2 heteroatoms. The van der Waals surface area contributed by atoms with Crippen molar-refractivity contribution < 1.29 is 4.42 Å². The lowest BCUT2D eigenvalue weighted by molar-refractivity contribution is 0.242. The molecule has 19 heavy (non-hydrogen) atoms. The van der Waals surface area contributed by atoms with Crippen molar-refractivity contribution in [3.05, 3.63) is 35.1 Å². The molecule has 0 atom stereocenters. The lowest BCUT2D eigenvalue weighted by atomic mass is 9.94. The molecule has 1 aliphatic heterocycles. The van der Waals surface area contributed by atoms with E-state index in [0.29, 0.717) is 5.92 Å². The van der Waals surface area contributed by atoms with Gasteiger partial charge in [-0.2, -0.15) is 0 Å². The Bertz CT molecular complexity index is 564. The smallest absolute Gasteiger partial charge is 0.134 e. The van der Waals surface area contributed by atoms with Gasteiger partial charge < -0.3 is 9.32 Å². The Labute approximate surface area is 114 Å². The summed E-state index contributed by atoms with van der Waals surface area (Å²) in [6.07, 6.45) is 6.26. The van der Waals surface area contributed by atoms with E-state index in [1.807, 2.05) is 0 Å². The minimum atomic E-state index is 0.624. The van der Waals surface area contributed by atoms with Crippen LogP contribution >= 0.6 is 0 Å². The highest BCUT2D eigenvalue weighted by Crippen LogP contribution is 2.34. The predicted molar refractivity (Wildman–Crippen MR) is 77.7 cm³/mol. The third kappa shape index (κ3) is 1.99. The zero-order valence-electron chi connectivity index (χ0n) is 11.6. The van der Waals surface area contributed by atoms with Crippen molar-refractivity contribution in [1.82, 2.24) is 4.90 Å². The zero-order chi connectivity index (χ0) is 12.8. The van der Waals surface area contributed by atoms with E-state index < -0.39 is 0 Å². The van der Waals surface area contributed by atoms with Gasteiger partial charge in [-0.25, -0.2) is 0 Å². The van der Waals surface area contributed by atoms with E-state index >= 15 is 0 Å². The average Bonchev–Trinajstić information content (AvgIpc) is 3.01. The minimum Gasteiger partial charge on any atom is -0.461 e. The standard InChI is InChI=1S/C17H21NO/c1-18-7-5-12(6-8-18)16-11-15-9-13-3-2-4-14(13)10-17(15)19-16/h9-12H,2-8H2,1H3. The number of rotatable bonds is 1. The number of piperidine rings is 1. The molecule has 0 amide bonds. The molecule has 0 saturated carbocycles. The average molecular weight is 255 g/mol. The van der Waals surface area contributed by atoms with Crippen LogP contribution in [0.25, 0.3) is 11.0 Å². The third-order valence-corrected chi connectivity index (χ3v) is 4.87. The van der Waals surface area contributed by atoms with E-state index in [9.17, 15) is 0 Å². The molecular weight excluding hydrogens is 234 g/mol. The molecule has 1 aliphatic carbocycles. The molecule has 1 aromatic carbocycles. The molecule has 0 unspecified atom stereocenters. The van der Waals surface area contributed by atoms with Crippen LogP contribution in [0.4, 0.5) is 0 Å². The summed E-state index contributed by atoms with van der Waals surface area (Å²) in [5, 5.41) is 1.31. The predicted octanol–water partition coefficient (Wildman–Crippen LogP) is 3.73. The molecule has 1 saturated heterocycles. The molecule has 2 nitrogen and oxygen atoms in total. The van der Waals surface area contributed by atoms with Crippen molar-refractivity contribution in [3.63, 3.8) is 0 Å². The molecule has 0 spiro atoms. The molecule has 4 rings (SSSR count). The van der Waals surface area contributed by atoms with Gasteiger partial charge in [-0.05, 0) is 81.6 Å². The van der Waals surface area contributed by atoms with E-state index in [-0.39, 0.29) is 0 Å². The highest BCUT2D eigenvalue weighted by atomic mass is 16.3. The summed E-state index contributed by atoms with van der Waals surface area (Å²) >= 11 is 0. The van der Waals surface area contributed by atoms with Crippen LogP contribution < -0.4 is 0 Å². The summed E-state index contributed by atoms with van der Waals surface area (Å²) in [7, 11) is 2.21. The Kier molecular flexibility index (Phi) is 2.66. The van der Waals surface area contributed by atoms with Crippen LogP contribution in [0.2, 0.25) is 0 Å². The van der Waals surface area contributed by atoms with Gasteiger partial charge in [0.1, 0.15) is 11.3 Å². The maximum Gasteiger partial charge on any atom is 0.134 e. The van der Waals surface area contributed by atoms with Crippen molar-refractivity contribution in [1.29, 1.82) is 0 Å². The Morgan fingerprint density at radius 2 is 1.79 bits per heavy atom. The Morgan fingerprint density at radius 1 is 1.05 bits per heavy atom. The molecule has 0 bridgehead atoms. The molecule has 2 aliphatic rings. The summed E-state index contributed by atoms with van der Waals surface area (Å²) in [4.78, 5) is 2.41. The molecule has 100 valence electrons. The van der Waals surface area contributed by atoms with Crippen molar-refractivity contribution in [2.45, 2.75) is 38.0 Å². The second-order valence-electron chi connectivity index (χ2n) is 6.24. The summed E-state index contributed by atoms with van der Waals surface area (Å²) in [5.74, 6) is 1.84. The van der Waals surface area contributed by atoms with Crippen molar-refractivity contribution in [3.8, 4) is 0 Å². The lowest BCUT2D eigenvalue weighted by Crippen LogP contribution is -2.29. The van der Waals surface area contributed by atoms with Gasteiger partial charge in [-0.1, -0.05) is 0 Å². The molecule has 1 fully saturated rings. The second-order valence-corrected chi connectivity index (χ2v) is 6.24. The lowest BCUT2D eigenvalue weighted by Gasteiger charge is -2.27. The quantitative estimate of drug-likeness (QED) is 0.772. The minimum absolute atomic E-state index is 0.624. The molecule has 1 aromatic heterocycles. The van der Waals surface area contributed by atoms with Crippen LogP contribution in [0.15, 0.2) is 22.6 Å². The fourth-order valence-corrected chi connectivity index (χ4v) is 3.63. The van der Waals surface area contributed by atoms with Gasteiger partial charge in [0, 0.05) is 11.3 Å². The summed E-state index contributed by atoms with van der Waals surface area (Å²) in [6.45, 7) is 2.39. The van der Waals surface area contributed by atoms with Crippen LogP contribution in [0.3, 0.4) is 0 Å². The summed E-state index contributed by atoms with van der Waals surface area (Å²) in [6, 6.07) is 6.94. The van der Waals surface area contributed by atoms with E-state index in [1.54, 1.807) is 5.56 Å². The molecule has 0 N–H and O–H groups in total. The zero-order valence-corrected chi connectivity index (χ0v) is 11.6.